The monoisotopic (exact) mass is 1000 g/mol. The first-order valence-corrected chi connectivity index (χ1v) is 23.9. The summed E-state index contributed by atoms with van der Waals surface area (Å²) in [7, 11) is 0. The fourth-order valence-corrected chi connectivity index (χ4v) is 6.32. The van der Waals surface area contributed by atoms with Crippen LogP contribution in [0.4, 0.5) is 0 Å². The average molecular weight is 1000 g/mol. The zero-order chi connectivity index (χ0) is 42.6. The maximum absolute atomic E-state index is 10.1. The Morgan fingerprint density at radius 2 is 0.333 bits per heavy atom. The zero-order valence-electron chi connectivity index (χ0n) is 38.1. The molecule has 0 aliphatic carbocycles. The van der Waals surface area contributed by atoms with E-state index in [0.29, 0.717) is 0 Å². The zero-order valence-corrected chi connectivity index (χ0v) is 41.9. The van der Waals surface area contributed by atoms with Gasteiger partial charge < -0.3 is 39.6 Å². The minimum atomic E-state index is -0.909. The molecule has 0 aromatic heterocycles. The number of carboxylic acid groups (broad SMARTS) is 4. The number of rotatable bonds is 40. The first-order chi connectivity index (χ1) is 27.1. The van der Waals surface area contributed by atoms with Crippen LogP contribution in [-0.4, -0.2) is 51.2 Å². The SMILES string of the molecule is CCCCCCCCCCCC(=O)[O-].CCCCCCCCCCCC(=O)[O-].CCCCCCCCCCCC(=O)[O-].CCCCCCCCCCCC(=O)[O-].[Pb]. The number of carbonyl (C=O) groups excluding carboxylic acids is 4. The van der Waals surface area contributed by atoms with Crippen LogP contribution in [0.1, 0.15) is 285 Å². The van der Waals surface area contributed by atoms with Gasteiger partial charge in [0.2, 0.25) is 0 Å². The topological polar surface area (TPSA) is 161 Å². The maximum Gasteiger partial charge on any atom is 0.0414 e. The van der Waals surface area contributed by atoms with E-state index in [2.05, 4.69) is 27.7 Å². The molecule has 0 aromatic carbocycles. The summed E-state index contributed by atoms with van der Waals surface area (Å²) < 4.78 is 0. The van der Waals surface area contributed by atoms with Gasteiger partial charge in [-0.3, -0.25) is 0 Å². The molecule has 0 unspecified atom stereocenters. The molecular formula is C48H92O8Pb-4. The molecule has 9 heteroatoms. The molecular weight excluding hydrogens is 912 g/mol. The minimum Gasteiger partial charge on any atom is -0.550 e. The van der Waals surface area contributed by atoms with Crippen LogP contribution in [0.25, 0.3) is 0 Å². The van der Waals surface area contributed by atoms with Crippen molar-refractivity contribution in [3.05, 3.63) is 0 Å². The van der Waals surface area contributed by atoms with Gasteiger partial charge in [0.05, 0.1) is 0 Å². The van der Waals surface area contributed by atoms with E-state index in [1.54, 1.807) is 0 Å². The molecule has 0 atom stereocenters. The Morgan fingerprint density at radius 1 is 0.228 bits per heavy atom. The number of carbonyl (C=O) groups is 4. The third-order valence-electron chi connectivity index (χ3n) is 9.94. The van der Waals surface area contributed by atoms with Crippen molar-refractivity contribution in [3.8, 4) is 0 Å². The molecule has 0 heterocycles. The molecule has 8 nitrogen and oxygen atoms in total. The van der Waals surface area contributed by atoms with Crippen molar-refractivity contribution in [3.63, 3.8) is 0 Å². The van der Waals surface area contributed by atoms with E-state index >= 15 is 0 Å². The van der Waals surface area contributed by atoms with E-state index in [0.717, 1.165) is 51.4 Å². The molecule has 57 heavy (non-hydrogen) atoms. The van der Waals surface area contributed by atoms with Crippen molar-refractivity contribution < 1.29 is 39.6 Å². The van der Waals surface area contributed by atoms with Gasteiger partial charge in [0.25, 0.3) is 0 Å². The van der Waals surface area contributed by atoms with E-state index in [-0.39, 0.29) is 53.0 Å². The molecule has 0 aromatic rings. The van der Waals surface area contributed by atoms with Crippen molar-refractivity contribution in [2.45, 2.75) is 285 Å². The summed E-state index contributed by atoms with van der Waals surface area (Å²) in [5.74, 6) is -3.64. The van der Waals surface area contributed by atoms with E-state index in [4.69, 9.17) is 0 Å². The van der Waals surface area contributed by atoms with Crippen LogP contribution in [0.2, 0.25) is 0 Å². The number of carboxylic acids is 4. The van der Waals surface area contributed by atoms with Crippen LogP contribution in [0.5, 0.6) is 0 Å². The van der Waals surface area contributed by atoms with Crippen LogP contribution < -0.4 is 20.4 Å². The summed E-state index contributed by atoms with van der Waals surface area (Å²) in [6, 6.07) is 0. The molecule has 0 spiro atoms. The summed E-state index contributed by atoms with van der Waals surface area (Å²) in [6.07, 6.45) is 44.7. The van der Waals surface area contributed by atoms with Crippen LogP contribution in [0.15, 0.2) is 0 Å². The molecule has 0 fully saturated rings. The molecule has 0 amide bonds. The van der Waals surface area contributed by atoms with Crippen LogP contribution in [0.3, 0.4) is 0 Å². The molecule has 0 saturated heterocycles. The van der Waals surface area contributed by atoms with Crippen molar-refractivity contribution >= 4 is 51.2 Å². The summed E-state index contributed by atoms with van der Waals surface area (Å²) in [4.78, 5) is 40.4. The quantitative estimate of drug-likeness (QED) is 0.0433. The Bertz CT molecular complexity index is 664. The van der Waals surface area contributed by atoms with Crippen molar-refractivity contribution in [1.29, 1.82) is 0 Å². The number of aliphatic carboxylic acids is 4. The number of unbranched alkanes of at least 4 members (excludes halogenated alkanes) is 32. The van der Waals surface area contributed by atoms with E-state index in [1.807, 2.05) is 0 Å². The predicted octanol–water partition coefficient (Wildman–Crippen LogP) is 10.2. The van der Waals surface area contributed by atoms with Gasteiger partial charge in [-0.15, -0.1) is 0 Å². The Balaban J connectivity index is -0.000000210. The summed E-state index contributed by atoms with van der Waals surface area (Å²) >= 11 is 0. The Morgan fingerprint density at radius 3 is 0.439 bits per heavy atom. The largest absolute Gasteiger partial charge is 0.550 e. The van der Waals surface area contributed by atoms with Crippen molar-refractivity contribution in [1.82, 2.24) is 0 Å². The first kappa shape index (κ1) is 64.9. The Hall–Kier alpha value is -1.20. The predicted molar refractivity (Wildman–Crippen MR) is 233 cm³/mol. The van der Waals surface area contributed by atoms with Crippen LogP contribution in [-0.2, 0) is 19.2 Å². The van der Waals surface area contributed by atoms with E-state index < -0.39 is 23.9 Å². The number of hydrogen-bond acceptors (Lipinski definition) is 8. The van der Waals surface area contributed by atoms with Gasteiger partial charge in [-0.2, -0.15) is 0 Å². The average Bonchev–Trinajstić information content (AvgIpc) is 3.15. The van der Waals surface area contributed by atoms with Gasteiger partial charge in [-0.25, -0.2) is 0 Å². The summed E-state index contributed by atoms with van der Waals surface area (Å²) in [5, 5.41) is 40.4. The normalized spacial score (nSPS) is 10.2. The Kier molecular flexibility index (Phi) is 70.0. The van der Waals surface area contributed by atoms with Gasteiger partial charge in [-0.1, -0.05) is 233 Å². The summed E-state index contributed by atoms with van der Waals surface area (Å²) in [5.41, 5.74) is 0. The molecule has 4 radical (unpaired) electrons. The standard InChI is InChI=1S/4C12H24O2.Pb/c4*1-2-3-4-5-6-7-8-9-10-11-12(13)14;/h4*2-11H2,1H3,(H,13,14);/p-4. The molecule has 0 aliphatic rings. The third kappa shape index (κ3) is 83.4. The van der Waals surface area contributed by atoms with Gasteiger partial charge in [0, 0.05) is 51.2 Å². The second-order valence-corrected chi connectivity index (χ2v) is 15.8. The molecule has 0 saturated carbocycles. The Labute approximate surface area is 373 Å². The van der Waals surface area contributed by atoms with Gasteiger partial charge in [-0.05, 0) is 51.4 Å². The fourth-order valence-electron chi connectivity index (χ4n) is 6.32. The fraction of sp³-hybridized carbons (Fsp3) is 0.917. The van der Waals surface area contributed by atoms with Gasteiger partial charge in [0.1, 0.15) is 0 Å². The van der Waals surface area contributed by atoms with E-state index in [1.165, 1.54) is 180 Å². The van der Waals surface area contributed by atoms with E-state index in [9.17, 15) is 39.6 Å². The first-order valence-electron chi connectivity index (χ1n) is 23.9. The van der Waals surface area contributed by atoms with Gasteiger partial charge in [0.15, 0.2) is 0 Å². The molecule has 0 aliphatic heterocycles. The second kappa shape index (κ2) is 61.5. The second-order valence-electron chi connectivity index (χ2n) is 15.8. The maximum atomic E-state index is 10.1. The number of hydrogen-bond donors (Lipinski definition) is 0. The molecule has 0 N–H and O–H groups in total. The summed E-state index contributed by atoms with van der Waals surface area (Å²) in [6.45, 7) is 8.89. The van der Waals surface area contributed by atoms with Gasteiger partial charge >= 0.3 is 0 Å². The van der Waals surface area contributed by atoms with Crippen LogP contribution in [0, 0.1) is 0 Å². The minimum absolute atomic E-state index is 0. The molecule has 0 rings (SSSR count). The smallest absolute Gasteiger partial charge is 0.0414 e. The van der Waals surface area contributed by atoms with Crippen molar-refractivity contribution in [2.24, 2.45) is 0 Å². The molecule has 0 bridgehead atoms. The van der Waals surface area contributed by atoms with Crippen LogP contribution >= 0.6 is 0 Å². The third-order valence-corrected chi connectivity index (χ3v) is 9.94. The van der Waals surface area contributed by atoms with Crippen molar-refractivity contribution in [2.75, 3.05) is 0 Å². The molecule has 340 valence electrons.